The third-order valence-electron chi connectivity index (χ3n) is 1.64. The lowest BCUT2D eigenvalue weighted by atomic mass is 10.2. The SMILES string of the molecule is COc1ccc(OC(F)(F)F)c(CCl)c1. The molecule has 1 aromatic rings. The largest absolute Gasteiger partial charge is 0.573 e. The maximum atomic E-state index is 11.9. The van der Waals surface area contributed by atoms with E-state index in [0.717, 1.165) is 0 Å². The van der Waals surface area contributed by atoms with Gasteiger partial charge in [-0.15, -0.1) is 24.8 Å². The lowest BCUT2D eigenvalue weighted by Gasteiger charge is -2.12. The molecule has 0 saturated carbocycles. The van der Waals surface area contributed by atoms with Gasteiger partial charge in [-0.1, -0.05) is 0 Å². The Hall–Kier alpha value is -1.10. The molecule has 0 radical (unpaired) electrons. The van der Waals surface area contributed by atoms with Crippen LogP contribution < -0.4 is 9.47 Å². The molecular weight excluding hydrogens is 233 g/mol. The van der Waals surface area contributed by atoms with Gasteiger partial charge in [0.1, 0.15) is 11.5 Å². The molecule has 0 aliphatic heterocycles. The van der Waals surface area contributed by atoms with Crippen LogP contribution in [0.3, 0.4) is 0 Å². The van der Waals surface area contributed by atoms with Crippen LogP contribution in [-0.4, -0.2) is 13.5 Å². The highest BCUT2D eigenvalue weighted by Crippen LogP contribution is 2.30. The molecule has 1 rings (SSSR count). The summed E-state index contributed by atoms with van der Waals surface area (Å²) in [5, 5.41) is 0. The Balaban J connectivity index is 2.97. The Bertz CT molecular complexity index is 339. The predicted molar refractivity (Wildman–Crippen MR) is 49.2 cm³/mol. The van der Waals surface area contributed by atoms with Crippen molar-refractivity contribution >= 4 is 11.6 Å². The monoisotopic (exact) mass is 240 g/mol. The number of ether oxygens (including phenoxy) is 2. The van der Waals surface area contributed by atoms with Gasteiger partial charge >= 0.3 is 6.36 Å². The van der Waals surface area contributed by atoms with E-state index in [-0.39, 0.29) is 17.2 Å². The summed E-state index contributed by atoms with van der Waals surface area (Å²) >= 11 is 5.49. The summed E-state index contributed by atoms with van der Waals surface area (Å²) in [5.41, 5.74) is 0.230. The van der Waals surface area contributed by atoms with Crippen LogP contribution >= 0.6 is 11.6 Å². The lowest BCUT2D eigenvalue weighted by Crippen LogP contribution is -2.18. The zero-order chi connectivity index (χ0) is 11.5. The molecule has 84 valence electrons. The fraction of sp³-hybridized carbons (Fsp3) is 0.333. The molecule has 0 fully saturated rings. The Morgan fingerprint density at radius 3 is 2.47 bits per heavy atom. The Morgan fingerprint density at radius 2 is 2.00 bits per heavy atom. The van der Waals surface area contributed by atoms with E-state index in [0.29, 0.717) is 5.75 Å². The molecule has 0 spiro atoms. The number of halogens is 4. The van der Waals surface area contributed by atoms with E-state index in [4.69, 9.17) is 16.3 Å². The second-order valence-corrected chi connectivity index (χ2v) is 2.92. The molecule has 0 amide bonds. The molecule has 0 aliphatic carbocycles. The van der Waals surface area contributed by atoms with Gasteiger partial charge in [0.25, 0.3) is 0 Å². The van der Waals surface area contributed by atoms with E-state index in [2.05, 4.69) is 4.74 Å². The highest BCUT2D eigenvalue weighted by atomic mass is 35.5. The summed E-state index contributed by atoms with van der Waals surface area (Å²) in [6.45, 7) is 0. The van der Waals surface area contributed by atoms with E-state index < -0.39 is 6.36 Å². The third kappa shape index (κ3) is 3.51. The maximum absolute atomic E-state index is 11.9. The minimum Gasteiger partial charge on any atom is -0.497 e. The van der Waals surface area contributed by atoms with Gasteiger partial charge in [0, 0.05) is 5.56 Å². The first kappa shape index (κ1) is 12.0. The van der Waals surface area contributed by atoms with Crippen molar-refractivity contribution in [3.8, 4) is 11.5 Å². The van der Waals surface area contributed by atoms with Crippen LogP contribution in [0.15, 0.2) is 18.2 Å². The fourth-order valence-electron chi connectivity index (χ4n) is 1.01. The second kappa shape index (κ2) is 4.61. The van der Waals surface area contributed by atoms with E-state index >= 15 is 0 Å². The van der Waals surface area contributed by atoms with Crippen LogP contribution in [0.1, 0.15) is 5.56 Å². The van der Waals surface area contributed by atoms with Crippen molar-refractivity contribution in [2.24, 2.45) is 0 Å². The van der Waals surface area contributed by atoms with Gasteiger partial charge in [-0.25, -0.2) is 0 Å². The summed E-state index contributed by atoms with van der Waals surface area (Å²) < 4.78 is 44.5. The molecule has 2 nitrogen and oxygen atoms in total. The van der Waals surface area contributed by atoms with Crippen molar-refractivity contribution in [1.29, 1.82) is 0 Å². The van der Waals surface area contributed by atoms with Crippen LogP contribution in [0.5, 0.6) is 11.5 Å². The highest BCUT2D eigenvalue weighted by Gasteiger charge is 2.32. The van der Waals surface area contributed by atoms with Crippen LogP contribution in [0.4, 0.5) is 13.2 Å². The third-order valence-corrected chi connectivity index (χ3v) is 1.93. The van der Waals surface area contributed by atoms with Gasteiger partial charge in [-0.2, -0.15) is 0 Å². The van der Waals surface area contributed by atoms with Crippen LogP contribution in [-0.2, 0) is 5.88 Å². The van der Waals surface area contributed by atoms with Crippen molar-refractivity contribution in [3.63, 3.8) is 0 Å². The van der Waals surface area contributed by atoms with E-state index in [1.165, 1.54) is 25.3 Å². The quantitative estimate of drug-likeness (QED) is 0.755. The molecule has 6 heteroatoms. The number of methoxy groups -OCH3 is 1. The van der Waals surface area contributed by atoms with Gasteiger partial charge in [0.05, 0.1) is 13.0 Å². The zero-order valence-electron chi connectivity index (χ0n) is 7.77. The number of benzene rings is 1. The maximum Gasteiger partial charge on any atom is 0.573 e. The number of hydrogen-bond donors (Lipinski definition) is 0. The molecule has 0 aliphatic rings. The fourth-order valence-corrected chi connectivity index (χ4v) is 1.22. The Kier molecular flexibility index (Phi) is 3.68. The smallest absolute Gasteiger partial charge is 0.497 e. The molecule has 0 atom stereocenters. The van der Waals surface area contributed by atoms with Crippen molar-refractivity contribution in [3.05, 3.63) is 23.8 Å². The molecule has 0 saturated heterocycles. The molecule has 0 heterocycles. The normalized spacial score (nSPS) is 11.3. The molecule has 15 heavy (non-hydrogen) atoms. The molecule has 0 N–H and O–H groups in total. The Morgan fingerprint density at radius 1 is 1.33 bits per heavy atom. The number of rotatable bonds is 3. The van der Waals surface area contributed by atoms with Crippen LogP contribution in [0.2, 0.25) is 0 Å². The summed E-state index contributed by atoms with van der Waals surface area (Å²) in [4.78, 5) is 0. The van der Waals surface area contributed by atoms with Crippen LogP contribution in [0.25, 0.3) is 0 Å². The van der Waals surface area contributed by atoms with E-state index in [9.17, 15) is 13.2 Å². The minimum absolute atomic E-state index is 0.0807. The minimum atomic E-state index is -4.71. The van der Waals surface area contributed by atoms with Crippen molar-refractivity contribution in [1.82, 2.24) is 0 Å². The van der Waals surface area contributed by atoms with Gasteiger partial charge in [-0.3, -0.25) is 0 Å². The first-order chi connectivity index (χ1) is 6.96. The van der Waals surface area contributed by atoms with Gasteiger partial charge < -0.3 is 9.47 Å². The number of hydrogen-bond acceptors (Lipinski definition) is 2. The first-order valence-electron chi connectivity index (χ1n) is 3.95. The average molecular weight is 241 g/mol. The summed E-state index contributed by atoms with van der Waals surface area (Å²) in [5.74, 6) is 0.0428. The van der Waals surface area contributed by atoms with Crippen LogP contribution in [0, 0.1) is 0 Å². The molecule has 1 aromatic carbocycles. The summed E-state index contributed by atoms with van der Waals surface area (Å²) in [7, 11) is 1.41. The van der Waals surface area contributed by atoms with Crippen molar-refractivity contribution in [2.45, 2.75) is 12.2 Å². The predicted octanol–water partition coefficient (Wildman–Crippen LogP) is 3.33. The van der Waals surface area contributed by atoms with Crippen molar-refractivity contribution in [2.75, 3.05) is 7.11 Å². The topological polar surface area (TPSA) is 18.5 Å². The average Bonchev–Trinajstić information content (AvgIpc) is 2.16. The number of alkyl halides is 4. The van der Waals surface area contributed by atoms with E-state index in [1.54, 1.807) is 0 Å². The zero-order valence-corrected chi connectivity index (χ0v) is 8.52. The second-order valence-electron chi connectivity index (χ2n) is 2.66. The van der Waals surface area contributed by atoms with Gasteiger partial charge in [0.2, 0.25) is 0 Å². The highest BCUT2D eigenvalue weighted by molar-refractivity contribution is 6.17. The van der Waals surface area contributed by atoms with Gasteiger partial charge in [0.15, 0.2) is 0 Å². The molecule has 0 bridgehead atoms. The van der Waals surface area contributed by atoms with Gasteiger partial charge in [-0.05, 0) is 18.2 Å². The standard InChI is InChI=1S/C9H8ClF3O2/c1-14-7-2-3-8(6(4-7)5-10)15-9(11,12)13/h2-4H,5H2,1H3. The lowest BCUT2D eigenvalue weighted by molar-refractivity contribution is -0.274. The first-order valence-corrected chi connectivity index (χ1v) is 4.48. The summed E-state index contributed by atoms with van der Waals surface area (Å²) in [6, 6.07) is 3.94. The Labute approximate surface area is 89.6 Å². The summed E-state index contributed by atoms with van der Waals surface area (Å²) in [6.07, 6.45) is -4.71. The van der Waals surface area contributed by atoms with E-state index in [1.807, 2.05) is 0 Å². The molecule has 0 unspecified atom stereocenters. The van der Waals surface area contributed by atoms with Crippen molar-refractivity contribution < 1.29 is 22.6 Å². The molecular formula is C9H8ClF3O2. The molecule has 0 aromatic heterocycles.